The standard InChI is InChI=1S/C28H34F2N2O3/c1-3-34-15-7-13-31(19-24-16-25(29)18-26(30)17-24)21-28(33)32(20-27-11-10-22(2)35-27)14-12-23-8-5-4-6-9-23/h4-6,8-11,16-18H,3,7,12-15,19-21H2,1-2H3. The Morgan fingerprint density at radius 3 is 2.34 bits per heavy atom. The molecule has 0 fully saturated rings. The smallest absolute Gasteiger partial charge is 0.237 e. The Morgan fingerprint density at radius 1 is 0.943 bits per heavy atom. The lowest BCUT2D eigenvalue weighted by Gasteiger charge is -2.27. The first-order chi connectivity index (χ1) is 16.9. The van der Waals surface area contributed by atoms with E-state index in [0.717, 1.165) is 23.2 Å². The number of amides is 1. The molecular formula is C28H34F2N2O3. The lowest BCUT2D eigenvalue weighted by molar-refractivity contribution is -0.133. The normalized spacial score (nSPS) is 11.2. The predicted octanol–water partition coefficient (Wildman–Crippen LogP) is 5.37. The van der Waals surface area contributed by atoms with Gasteiger partial charge in [-0.05, 0) is 62.1 Å². The number of halogens is 2. The SMILES string of the molecule is CCOCCCN(CC(=O)N(CCc1ccccc1)Cc1ccc(C)o1)Cc1cc(F)cc(F)c1. The topological polar surface area (TPSA) is 45.9 Å². The minimum Gasteiger partial charge on any atom is -0.464 e. The molecular weight excluding hydrogens is 450 g/mol. The Balaban J connectivity index is 1.72. The van der Waals surface area contributed by atoms with Gasteiger partial charge in [-0.15, -0.1) is 0 Å². The van der Waals surface area contributed by atoms with Crippen LogP contribution in [0, 0.1) is 18.6 Å². The van der Waals surface area contributed by atoms with Gasteiger partial charge in [0, 0.05) is 38.9 Å². The van der Waals surface area contributed by atoms with Crippen LogP contribution in [0.3, 0.4) is 0 Å². The summed E-state index contributed by atoms with van der Waals surface area (Å²) in [5, 5.41) is 0. The maximum absolute atomic E-state index is 13.8. The van der Waals surface area contributed by atoms with Crippen molar-refractivity contribution in [1.82, 2.24) is 9.80 Å². The molecule has 35 heavy (non-hydrogen) atoms. The first-order valence-electron chi connectivity index (χ1n) is 12.0. The van der Waals surface area contributed by atoms with Crippen molar-refractivity contribution >= 4 is 5.91 Å². The molecule has 0 N–H and O–H groups in total. The monoisotopic (exact) mass is 484 g/mol. The number of carbonyl (C=O) groups is 1. The van der Waals surface area contributed by atoms with E-state index in [1.54, 1.807) is 4.90 Å². The molecule has 5 nitrogen and oxygen atoms in total. The van der Waals surface area contributed by atoms with Crippen LogP contribution in [0.2, 0.25) is 0 Å². The van der Waals surface area contributed by atoms with Crippen molar-refractivity contribution < 1.29 is 22.7 Å². The van der Waals surface area contributed by atoms with E-state index in [1.165, 1.54) is 12.1 Å². The summed E-state index contributed by atoms with van der Waals surface area (Å²) in [5.41, 5.74) is 1.63. The molecule has 2 aromatic carbocycles. The molecule has 0 atom stereocenters. The predicted molar refractivity (Wildman–Crippen MR) is 132 cm³/mol. The van der Waals surface area contributed by atoms with E-state index in [4.69, 9.17) is 9.15 Å². The average molecular weight is 485 g/mol. The largest absolute Gasteiger partial charge is 0.464 e. The van der Waals surface area contributed by atoms with Crippen LogP contribution in [0.5, 0.6) is 0 Å². The van der Waals surface area contributed by atoms with Gasteiger partial charge in [-0.3, -0.25) is 9.69 Å². The van der Waals surface area contributed by atoms with E-state index in [-0.39, 0.29) is 19.0 Å². The van der Waals surface area contributed by atoms with E-state index in [2.05, 4.69) is 0 Å². The van der Waals surface area contributed by atoms with Crippen LogP contribution in [-0.2, 0) is 29.0 Å². The van der Waals surface area contributed by atoms with E-state index >= 15 is 0 Å². The molecule has 0 saturated heterocycles. The number of hydrogen-bond donors (Lipinski definition) is 0. The highest BCUT2D eigenvalue weighted by molar-refractivity contribution is 5.78. The minimum absolute atomic E-state index is 0.0664. The van der Waals surface area contributed by atoms with Gasteiger partial charge in [0.25, 0.3) is 0 Å². The molecule has 1 heterocycles. The van der Waals surface area contributed by atoms with Crippen molar-refractivity contribution in [2.75, 3.05) is 32.8 Å². The number of carbonyl (C=O) groups excluding carboxylic acids is 1. The van der Waals surface area contributed by atoms with Gasteiger partial charge < -0.3 is 14.1 Å². The summed E-state index contributed by atoms with van der Waals surface area (Å²) in [7, 11) is 0. The van der Waals surface area contributed by atoms with E-state index < -0.39 is 11.6 Å². The Kier molecular flexibility index (Phi) is 10.4. The zero-order valence-electron chi connectivity index (χ0n) is 20.5. The Bertz CT molecular complexity index is 1040. The molecule has 0 aliphatic carbocycles. The van der Waals surface area contributed by atoms with Gasteiger partial charge in [-0.2, -0.15) is 0 Å². The zero-order valence-corrected chi connectivity index (χ0v) is 20.5. The third-order valence-electron chi connectivity index (χ3n) is 5.66. The number of aryl methyl sites for hydroxylation is 1. The van der Waals surface area contributed by atoms with Gasteiger partial charge in [-0.25, -0.2) is 8.78 Å². The highest BCUT2D eigenvalue weighted by Gasteiger charge is 2.20. The maximum Gasteiger partial charge on any atom is 0.237 e. The second-order valence-electron chi connectivity index (χ2n) is 8.60. The first kappa shape index (κ1) is 26.6. The second kappa shape index (κ2) is 13.8. The average Bonchev–Trinajstić information content (AvgIpc) is 3.24. The Labute approximate surface area is 206 Å². The Morgan fingerprint density at radius 2 is 1.69 bits per heavy atom. The quantitative estimate of drug-likeness (QED) is 0.289. The number of nitrogens with zero attached hydrogens (tertiary/aromatic N) is 2. The number of ether oxygens (including phenoxy) is 1. The van der Waals surface area contributed by atoms with Crippen LogP contribution >= 0.6 is 0 Å². The highest BCUT2D eigenvalue weighted by atomic mass is 19.1. The summed E-state index contributed by atoms with van der Waals surface area (Å²) >= 11 is 0. The summed E-state index contributed by atoms with van der Waals surface area (Å²) in [5.74, 6) is 0.194. The molecule has 1 aromatic heterocycles. The van der Waals surface area contributed by atoms with Crippen molar-refractivity contribution in [1.29, 1.82) is 0 Å². The summed E-state index contributed by atoms with van der Waals surface area (Å²) < 4.78 is 38.7. The highest BCUT2D eigenvalue weighted by Crippen LogP contribution is 2.14. The van der Waals surface area contributed by atoms with Gasteiger partial charge in [0.15, 0.2) is 0 Å². The Hall–Kier alpha value is -3.03. The molecule has 7 heteroatoms. The molecule has 0 radical (unpaired) electrons. The first-order valence-corrected chi connectivity index (χ1v) is 12.0. The molecule has 0 aliphatic heterocycles. The van der Waals surface area contributed by atoms with Crippen LogP contribution in [0.15, 0.2) is 65.1 Å². The van der Waals surface area contributed by atoms with Gasteiger partial charge in [0.2, 0.25) is 5.91 Å². The number of hydrogen-bond acceptors (Lipinski definition) is 4. The molecule has 0 spiro atoms. The maximum atomic E-state index is 13.8. The number of rotatable bonds is 14. The third-order valence-corrected chi connectivity index (χ3v) is 5.66. The lowest BCUT2D eigenvalue weighted by atomic mass is 10.1. The van der Waals surface area contributed by atoms with Gasteiger partial charge in [-0.1, -0.05) is 30.3 Å². The molecule has 0 bridgehead atoms. The van der Waals surface area contributed by atoms with Crippen molar-refractivity contribution in [2.24, 2.45) is 0 Å². The van der Waals surface area contributed by atoms with E-state index in [0.29, 0.717) is 51.3 Å². The summed E-state index contributed by atoms with van der Waals surface area (Å²) in [6.45, 7) is 6.82. The van der Waals surface area contributed by atoms with E-state index in [9.17, 15) is 13.6 Å². The summed E-state index contributed by atoms with van der Waals surface area (Å²) in [4.78, 5) is 17.2. The van der Waals surface area contributed by atoms with Gasteiger partial charge >= 0.3 is 0 Å². The lowest BCUT2D eigenvalue weighted by Crippen LogP contribution is -2.41. The van der Waals surface area contributed by atoms with Crippen LogP contribution in [0.25, 0.3) is 0 Å². The van der Waals surface area contributed by atoms with Gasteiger partial charge in [0.05, 0.1) is 13.1 Å². The van der Waals surface area contributed by atoms with Crippen molar-refractivity contribution in [2.45, 2.75) is 39.8 Å². The van der Waals surface area contributed by atoms with Crippen molar-refractivity contribution in [3.8, 4) is 0 Å². The van der Waals surface area contributed by atoms with Crippen LogP contribution in [0.1, 0.15) is 36.0 Å². The zero-order chi connectivity index (χ0) is 25.0. The second-order valence-corrected chi connectivity index (χ2v) is 8.60. The van der Waals surface area contributed by atoms with Crippen LogP contribution in [-0.4, -0.2) is 48.6 Å². The molecule has 0 unspecified atom stereocenters. The molecule has 3 rings (SSSR count). The fourth-order valence-electron chi connectivity index (χ4n) is 3.96. The number of furan rings is 1. The van der Waals surface area contributed by atoms with Crippen LogP contribution in [0.4, 0.5) is 8.78 Å². The third kappa shape index (κ3) is 9.26. The molecule has 0 saturated carbocycles. The van der Waals surface area contributed by atoms with Gasteiger partial charge in [0.1, 0.15) is 23.2 Å². The minimum atomic E-state index is -0.627. The fraction of sp³-hybridized carbons (Fsp3) is 0.393. The number of benzene rings is 2. The summed E-state index contributed by atoms with van der Waals surface area (Å²) in [6, 6.07) is 17.2. The van der Waals surface area contributed by atoms with Crippen LogP contribution < -0.4 is 0 Å². The molecule has 1 amide bonds. The molecule has 188 valence electrons. The van der Waals surface area contributed by atoms with Crippen molar-refractivity contribution in [3.63, 3.8) is 0 Å². The summed E-state index contributed by atoms with van der Waals surface area (Å²) in [6.07, 6.45) is 1.42. The van der Waals surface area contributed by atoms with Crippen molar-refractivity contribution in [3.05, 3.63) is 94.9 Å². The molecule has 3 aromatic rings. The fourth-order valence-corrected chi connectivity index (χ4v) is 3.96. The molecule has 0 aliphatic rings. The van der Waals surface area contributed by atoms with E-state index in [1.807, 2.05) is 61.2 Å².